The van der Waals surface area contributed by atoms with Crippen LogP contribution in [0.4, 0.5) is 0 Å². The van der Waals surface area contributed by atoms with Crippen LogP contribution in [0.2, 0.25) is 0 Å². The number of hydrogen-bond acceptors (Lipinski definition) is 15. The molecule has 91 heavy (non-hydrogen) atoms. The summed E-state index contributed by atoms with van der Waals surface area (Å²) in [4.78, 5) is 72.6. The summed E-state index contributed by atoms with van der Waals surface area (Å²) in [6.07, 6.45) is 52.4. The number of hydrogen-bond donors (Lipinski definition) is 3. The van der Waals surface area contributed by atoms with Crippen LogP contribution in [0.15, 0.2) is 0 Å². The Labute approximate surface area is 556 Å². The second-order valence-corrected chi connectivity index (χ2v) is 29.1. The number of aliphatic hydroxyl groups is 1. The van der Waals surface area contributed by atoms with Gasteiger partial charge in [-0.05, 0) is 31.6 Å². The van der Waals surface area contributed by atoms with Crippen molar-refractivity contribution in [1.82, 2.24) is 0 Å². The average Bonchev–Trinajstić information content (AvgIpc) is 3.33. The first-order chi connectivity index (χ1) is 44.1. The smallest absolute Gasteiger partial charge is 0.462 e. The van der Waals surface area contributed by atoms with Gasteiger partial charge in [0.05, 0.1) is 26.4 Å². The fourth-order valence-electron chi connectivity index (χ4n) is 11.0. The second-order valence-electron chi connectivity index (χ2n) is 26.2. The zero-order valence-corrected chi connectivity index (χ0v) is 60.8. The first kappa shape index (κ1) is 89.1. The second kappa shape index (κ2) is 65.4. The Morgan fingerprint density at radius 1 is 0.308 bits per heavy atom. The van der Waals surface area contributed by atoms with Crippen LogP contribution in [0.25, 0.3) is 0 Å². The SMILES string of the molecule is CCCCCCCCCCCCCCCCCC(=O)O[C@H](COC(=O)CCCCCCCCCCCCC(C)CC)COP(=O)(O)OC[C@@H](O)COP(=O)(O)OC[C@@H](COC(=O)CCCCCCCCCCCCC)OC(=O)CCCCCCCCCCCCC. The van der Waals surface area contributed by atoms with Gasteiger partial charge in [-0.2, -0.15) is 0 Å². The van der Waals surface area contributed by atoms with Gasteiger partial charge < -0.3 is 33.8 Å². The summed E-state index contributed by atoms with van der Waals surface area (Å²) >= 11 is 0. The molecule has 0 aliphatic rings. The lowest BCUT2D eigenvalue weighted by molar-refractivity contribution is -0.161. The highest BCUT2D eigenvalue weighted by atomic mass is 31.2. The molecule has 0 rings (SSSR count). The number of phosphoric acid groups is 2. The minimum atomic E-state index is -4.95. The molecule has 3 unspecified atom stereocenters. The van der Waals surface area contributed by atoms with E-state index in [-0.39, 0.29) is 25.7 Å². The van der Waals surface area contributed by atoms with Crippen LogP contribution < -0.4 is 0 Å². The summed E-state index contributed by atoms with van der Waals surface area (Å²) in [6.45, 7) is 7.29. The molecule has 0 aliphatic heterocycles. The Morgan fingerprint density at radius 3 is 0.780 bits per heavy atom. The molecule has 0 saturated heterocycles. The van der Waals surface area contributed by atoms with Crippen molar-refractivity contribution in [2.45, 2.75) is 393 Å². The lowest BCUT2D eigenvalue weighted by atomic mass is 9.99. The van der Waals surface area contributed by atoms with Crippen molar-refractivity contribution in [2.24, 2.45) is 5.92 Å². The van der Waals surface area contributed by atoms with E-state index in [0.29, 0.717) is 25.7 Å². The number of rotatable bonds is 72. The molecule has 17 nitrogen and oxygen atoms in total. The van der Waals surface area contributed by atoms with Crippen LogP contribution in [0, 0.1) is 5.92 Å². The molecule has 19 heteroatoms. The van der Waals surface area contributed by atoms with Gasteiger partial charge in [0.2, 0.25) is 0 Å². The van der Waals surface area contributed by atoms with E-state index in [4.69, 9.17) is 37.0 Å². The largest absolute Gasteiger partial charge is 0.472 e. The van der Waals surface area contributed by atoms with E-state index >= 15 is 0 Å². The molecule has 0 aromatic carbocycles. The van der Waals surface area contributed by atoms with Gasteiger partial charge in [-0.1, -0.05) is 324 Å². The van der Waals surface area contributed by atoms with Crippen LogP contribution >= 0.6 is 15.6 Å². The van der Waals surface area contributed by atoms with Crippen LogP contribution in [-0.4, -0.2) is 96.7 Å². The number of unbranched alkanes of at least 4 members (excludes halogenated alkanes) is 43. The molecular formula is C72H140O17P2. The molecule has 0 radical (unpaired) electrons. The van der Waals surface area contributed by atoms with Crippen LogP contribution in [-0.2, 0) is 65.4 Å². The van der Waals surface area contributed by atoms with Crippen molar-refractivity contribution >= 4 is 39.5 Å². The van der Waals surface area contributed by atoms with Gasteiger partial charge in [-0.15, -0.1) is 0 Å². The molecule has 540 valence electrons. The van der Waals surface area contributed by atoms with Crippen LogP contribution in [0.5, 0.6) is 0 Å². The van der Waals surface area contributed by atoms with Crippen LogP contribution in [0.1, 0.15) is 375 Å². The van der Waals surface area contributed by atoms with E-state index in [2.05, 4.69) is 34.6 Å². The monoisotopic (exact) mass is 1340 g/mol. The summed E-state index contributed by atoms with van der Waals surface area (Å²) in [6, 6.07) is 0. The van der Waals surface area contributed by atoms with Crippen molar-refractivity contribution in [3.8, 4) is 0 Å². The Kier molecular flexibility index (Phi) is 64.0. The lowest BCUT2D eigenvalue weighted by Crippen LogP contribution is -2.30. The predicted octanol–water partition coefficient (Wildman–Crippen LogP) is 20.9. The summed E-state index contributed by atoms with van der Waals surface area (Å²) in [5.74, 6) is -1.31. The van der Waals surface area contributed by atoms with E-state index in [9.17, 15) is 43.2 Å². The van der Waals surface area contributed by atoms with Crippen LogP contribution in [0.3, 0.4) is 0 Å². The number of carbonyl (C=O) groups excluding carboxylic acids is 4. The molecule has 0 aliphatic carbocycles. The zero-order chi connectivity index (χ0) is 67.0. The molecule has 0 bridgehead atoms. The highest BCUT2D eigenvalue weighted by Crippen LogP contribution is 2.45. The molecule has 0 amide bonds. The number of ether oxygens (including phenoxy) is 4. The average molecular weight is 1340 g/mol. The minimum Gasteiger partial charge on any atom is -0.462 e. The van der Waals surface area contributed by atoms with Gasteiger partial charge >= 0.3 is 39.5 Å². The highest BCUT2D eigenvalue weighted by molar-refractivity contribution is 7.47. The van der Waals surface area contributed by atoms with E-state index in [1.165, 1.54) is 199 Å². The Morgan fingerprint density at radius 2 is 0.527 bits per heavy atom. The molecule has 0 aromatic rings. The number of phosphoric ester groups is 2. The summed E-state index contributed by atoms with van der Waals surface area (Å²) in [5.41, 5.74) is 0. The fourth-order valence-corrected chi connectivity index (χ4v) is 12.5. The third kappa shape index (κ3) is 65.1. The van der Waals surface area contributed by atoms with E-state index < -0.39 is 97.5 Å². The van der Waals surface area contributed by atoms with Gasteiger partial charge in [0.15, 0.2) is 12.2 Å². The summed E-state index contributed by atoms with van der Waals surface area (Å²) < 4.78 is 68.4. The van der Waals surface area contributed by atoms with Gasteiger partial charge in [-0.25, -0.2) is 9.13 Å². The number of carbonyl (C=O) groups is 4. The maximum absolute atomic E-state index is 13.0. The zero-order valence-electron chi connectivity index (χ0n) is 59.0. The lowest BCUT2D eigenvalue weighted by Gasteiger charge is -2.21. The first-order valence-electron chi connectivity index (χ1n) is 37.7. The molecule has 3 N–H and O–H groups in total. The topological polar surface area (TPSA) is 237 Å². The highest BCUT2D eigenvalue weighted by Gasteiger charge is 2.30. The van der Waals surface area contributed by atoms with Gasteiger partial charge in [0.1, 0.15) is 19.3 Å². The van der Waals surface area contributed by atoms with E-state index in [1.54, 1.807) is 0 Å². The van der Waals surface area contributed by atoms with Gasteiger partial charge in [0.25, 0.3) is 0 Å². The number of aliphatic hydroxyl groups excluding tert-OH is 1. The molecule has 0 spiro atoms. The predicted molar refractivity (Wildman–Crippen MR) is 368 cm³/mol. The third-order valence-corrected chi connectivity index (χ3v) is 19.0. The van der Waals surface area contributed by atoms with Crippen molar-refractivity contribution in [1.29, 1.82) is 0 Å². The van der Waals surface area contributed by atoms with E-state index in [1.807, 2.05) is 0 Å². The molecular weight excluding hydrogens is 1200 g/mol. The quantitative estimate of drug-likeness (QED) is 0.0222. The standard InChI is InChI=1S/C72H140O17P2/c1-6-10-13-16-19-22-25-26-27-28-31-38-43-48-53-58-72(77)89-68(62-83-70(75)56-51-46-41-36-33-32-34-39-44-49-54-65(5)9-4)64-87-91(80,81)85-60-66(73)59-84-90(78,79)86-63-67(88-71(76)57-52-47-42-37-30-24-21-18-15-12-8-3)61-82-69(74)55-50-45-40-35-29-23-20-17-14-11-7-2/h65-68,73H,6-64H2,1-5H3,(H,78,79)(H,80,81)/t65?,66-,67+,68+/m0/s1. The first-order valence-corrected chi connectivity index (χ1v) is 40.7. The molecule has 0 heterocycles. The molecule has 0 fully saturated rings. The third-order valence-electron chi connectivity index (χ3n) is 17.1. The fraction of sp³-hybridized carbons (Fsp3) is 0.944. The Bertz CT molecular complexity index is 1760. The Hall–Kier alpha value is -1.94. The van der Waals surface area contributed by atoms with Crippen molar-refractivity contribution in [2.75, 3.05) is 39.6 Å². The number of esters is 4. The maximum atomic E-state index is 13.0. The maximum Gasteiger partial charge on any atom is 0.472 e. The normalized spacial score (nSPS) is 14.3. The van der Waals surface area contributed by atoms with Crippen molar-refractivity contribution in [3.05, 3.63) is 0 Å². The molecule has 0 aromatic heterocycles. The van der Waals surface area contributed by atoms with Gasteiger partial charge in [0, 0.05) is 25.7 Å². The van der Waals surface area contributed by atoms with Crippen molar-refractivity contribution in [3.63, 3.8) is 0 Å². The summed E-state index contributed by atoms with van der Waals surface area (Å²) in [5, 5.41) is 10.6. The summed E-state index contributed by atoms with van der Waals surface area (Å²) in [7, 11) is -9.90. The van der Waals surface area contributed by atoms with Gasteiger partial charge in [-0.3, -0.25) is 37.3 Å². The van der Waals surface area contributed by atoms with E-state index in [0.717, 1.165) is 95.8 Å². The molecule has 6 atom stereocenters. The Balaban J connectivity index is 5.25. The minimum absolute atomic E-state index is 0.107. The molecule has 0 saturated carbocycles. The van der Waals surface area contributed by atoms with Crippen molar-refractivity contribution < 1.29 is 80.2 Å².